The Balaban J connectivity index is 2.34. The molecule has 0 amide bonds. The molecule has 0 aliphatic heterocycles. The average molecular weight is 260 g/mol. The molecule has 0 saturated carbocycles. The Morgan fingerprint density at radius 3 is 2.33 bits per heavy atom. The van der Waals surface area contributed by atoms with Gasteiger partial charge in [-0.3, -0.25) is 0 Å². The summed E-state index contributed by atoms with van der Waals surface area (Å²) in [6.45, 7) is 2.15. The van der Waals surface area contributed by atoms with Crippen LogP contribution in [0.3, 0.4) is 0 Å². The maximum Gasteiger partial charge on any atom is 0.433 e. The number of hydrogen-bond donors (Lipinski definition) is 0. The largest absolute Gasteiger partial charge is 0.433 e. The summed E-state index contributed by atoms with van der Waals surface area (Å²) in [6, 6.07) is 1.05. The van der Waals surface area contributed by atoms with Gasteiger partial charge in [-0.1, -0.05) is 39.0 Å². The predicted molar refractivity (Wildman–Crippen MR) is 64.1 cm³/mol. The van der Waals surface area contributed by atoms with E-state index in [2.05, 4.69) is 16.9 Å². The van der Waals surface area contributed by atoms with Gasteiger partial charge in [-0.15, -0.1) is 0 Å². The van der Waals surface area contributed by atoms with Gasteiger partial charge in [-0.25, -0.2) is 9.97 Å². The van der Waals surface area contributed by atoms with Crippen molar-refractivity contribution in [1.82, 2.24) is 9.97 Å². The zero-order valence-corrected chi connectivity index (χ0v) is 10.6. The third kappa shape index (κ3) is 5.47. The zero-order valence-electron chi connectivity index (χ0n) is 10.6. The third-order valence-corrected chi connectivity index (χ3v) is 2.80. The Morgan fingerprint density at radius 1 is 1.00 bits per heavy atom. The first-order valence-electron chi connectivity index (χ1n) is 6.42. The first-order chi connectivity index (χ1) is 8.54. The molecule has 0 saturated heterocycles. The Labute approximate surface area is 106 Å². The molecule has 1 rings (SSSR count). The average Bonchev–Trinajstić information content (AvgIpc) is 2.33. The molecule has 5 heteroatoms. The summed E-state index contributed by atoms with van der Waals surface area (Å²) in [5.74, 6) is 0. The van der Waals surface area contributed by atoms with Crippen LogP contribution in [0, 0.1) is 0 Å². The minimum absolute atomic E-state index is 0.479. The molecule has 0 atom stereocenters. The summed E-state index contributed by atoms with van der Waals surface area (Å²) in [4.78, 5) is 7.12. The minimum Gasteiger partial charge on any atom is -0.241 e. The monoisotopic (exact) mass is 260 g/mol. The molecule has 0 unspecified atom stereocenters. The van der Waals surface area contributed by atoms with E-state index in [9.17, 15) is 13.2 Å². The first kappa shape index (κ1) is 14.9. The molecule has 1 aromatic heterocycles. The molecule has 1 heterocycles. The fraction of sp³-hybridized carbons (Fsp3) is 0.692. The second kappa shape index (κ2) is 7.34. The smallest absolute Gasteiger partial charge is 0.241 e. The van der Waals surface area contributed by atoms with Crippen molar-refractivity contribution < 1.29 is 13.2 Å². The molecule has 102 valence electrons. The highest BCUT2D eigenvalue weighted by Crippen LogP contribution is 2.27. The van der Waals surface area contributed by atoms with Gasteiger partial charge in [0.2, 0.25) is 0 Å². The Hall–Kier alpha value is -1.13. The minimum atomic E-state index is -4.38. The van der Waals surface area contributed by atoms with Gasteiger partial charge in [0, 0.05) is 5.69 Å². The van der Waals surface area contributed by atoms with Crippen molar-refractivity contribution in [2.45, 2.75) is 58.0 Å². The normalized spacial score (nSPS) is 11.8. The van der Waals surface area contributed by atoms with Crippen molar-refractivity contribution in [3.63, 3.8) is 0 Å². The number of aryl methyl sites for hydroxylation is 1. The van der Waals surface area contributed by atoms with Crippen molar-refractivity contribution in [3.05, 3.63) is 23.8 Å². The van der Waals surface area contributed by atoms with Crippen molar-refractivity contribution in [2.24, 2.45) is 0 Å². The first-order valence-corrected chi connectivity index (χ1v) is 6.42. The molecule has 0 bridgehead atoms. The van der Waals surface area contributed by atoms with Crippen molar-refractivity contribution >= 4 is 0 Å². The SMILES string of the molecule is CCCCCCCCc1cc(C(F)(F)F)ncn1. The van der Waals surface area contributed by atoms with Crippen LogP contribution >= 0.6 is 0 Å². The molecule has 0 spiro atoms. The third-order valence-electron chi connectivity index (χ3n) is 2.80. The van der Waals surface area contributed by atoms with E-state index in [1.54, 1.807) is 0 Å². The van der Waals surface area contributed by atoms with Crippen LogP contribution in [0.2, 0.25) is 0 Å². The number of unbranched alkanes of at least 4 members (excludes halogenated alkanes) is 5. The van der Waals surface area contributed by atoms with E-state index < -0.39 is 11.9 Å². The molecule has 0 aromatic carbocycles. The van der Waals surface area contributed by atoms with Crippen LogP contribution in [0.5, 0.6) is 0 Å². The van der Waals surface area contributed by atoms with E-state index in [0.29, 0.717) is 12.1 Å². The van der Waals surface area contributed by atoms with Crippen LogP contribution in [-0.2, 0) is 12.6 Å². The summed E-state index contributed by atoms with van der Waals surface area (Å²) < 4.78 is 37.2. The summed E-state index contributed by atoms with van der Waals surface area (Å²) >= 11 is 0. The molecule has 0 radical (unpaired) electrons. The van der Waals surface area contributed by atoms with E-state index in [1.807, 2.05) is 0 Å². The molecule has 18 heavy (non-hydrogen) atoms. The lowest BCUT2D eigenvalue weighted by Crippen LogP contribution is -2.09. The predicted octanol–water partition coefficient (Wildman–Crippen LogP) is 4.40. The lowest BCUT2D eigenvalue weighted by Gasteiger charge is -2.06. The Kier molecular flexibility index (Phi) is 6.09. The highest BCUT2D eigenvalue weighted by atomic mass is 19.4. The fourth-order valence-electron chi connectivity index (χ4n) is 1.78. The number of nitrogens with zero attached hydrogens (tertiary/aromatic N) is 2. The molecule has 1 aromatic rings. The van der Waals surface area contributed by atoms with Crippen LogP contribution in [0.4, 0.5) is 13.2 Å². The summed E-state index contributed by atoms with van der Waals surface area (Å²) in [6.07, 6.45) is 3.92. The molecule has 0 aliphatic rings. The second-order valence-electron chi connectivity index (χ2n) is 4.41. The van der Waals surface area contributed by atoms with Gasteiger partial charge in [-0.2, -0.15) is 13.2 Å². The van der Waals surface area contributed by atoms with E-state index in [-0.39, 0.29) is 0 Å². The summed E-state index contributed by atoms with van der Waals surface area (Å²) in [5.41, 5.74) is -0.369. The summed E-state index contributed by atoms with van der Waals surface area (Å²) in [5, 5.41) is 0. The number of rotatable bonds is 7. The molecule has 0 aliphatic carbocycles. The van der Waals surface area contributed by atoms with E-state index >= 15 is 0 Å². The zero-order chi connectivity index (χ0) is 13.4. The maximum absolute atomic E-state index is 12.4. The van der Waals surface area contributed by atoms with E-state index in [1.165, 1.54) is 19.3 Å². The Bertz CT molecular complexity index is 350. The van der Waals surface area contributed by atoms with E-state index in [0.717, 1.165) is 31.7 Å². The standard InChI is InChI=1S/C13H19F3N2/c1-2-3-4-5-6-7-8-11-9-12(13(14,15)16)18-10-17-11/h9-10H,2-8H2,1H3. The molecular formula is C13H19F3N2. The lowest BCUT2D eigenvalue weighted by atomic mass is 10.1. The number of hydrogen-bond acceptors (Lipinski definition) is 2. The fourth-order valence-corrected chi connectivity index (χ4v) is 1.78. The van der Waals surface area contributed by atoms with Gasteiger partial charge in [0.1, 0.15) is 12.0 Å². The second-order valence-corrected chi connectivity index (χ2v) is 4.41. The van der Waals surface area contributed by atoms with Gasteiger partial charge in [0.25, 0.3) is 0 Å². The molecule has 2 nitrogen and oxygen atoms in total. The number of aromatic nitrogens is 2. The van der Waals surface area contributed by atoms with Crippen molar-refractivity contribution in [1.29, 1.82) is 0 Å². The summed E-state index contributed by atoms with van der Waals surface area (Å²) in [7, 11) is 0. The van der Waals surface area contributed by atoms with Crippen LogP contribution in [0.15, 0.2) is 12.4 Å². The van der Waals surface area contributed by atoms with E-state index in [4.69, 9.17) is 0 Å². The molecular weight excluding hydrogens is 241 g/mol. The highest BCUT2D eigenvalue weighted by molar-refractivity contribution is 5.11. The Morgan fingerprint density at radius 2 is 1.67 bits per heavy atom. The van der Waals surface area contributed by atoms with Crippen LogP contribution in [-0.4, -0.2) is 9.97 Å². The van der Waals surface area contributed by atoms with Gasteiger partial charge in [-0.05, 0) is 18.9 Å². The number of alkyl halides is 3. The van der Waals surface area contributed by atoms with Gasteiger partial charge in [0.05, 0.1) is 0 Å². The van der Waals surface area contributed by atoms with Crippen molar-refractivity contribution in [3.8, 4) is 0 Å². The number of halogens is 3. The van der Waals surface area contributed by atoms with Gasteiger partial charge in [0.15, 0.2) is 0 Å². The molecule has 0 fully saturated rings. The van der Waals surface area contributed by atoms with Crippen LogP contribution in [0.25, 0.3) is 0 Å². The maximum atomic E-state index is 12.4. The quantitative estimate of drug-likeness (QED) is 0.679. The van der Waals surface area contributed by atoms with Gasteiger partial charge >= 0.3 is 6.18 Å². The topological polar surface area (TPSA) is 25.8 Å². The highest BCUT2D eigenvalue weighted by Gasteiger charge is 2.32. The lowest BCUT2D eigenvalue weighted by molar-refractivity contribution is -0.141. The van der Waals surface area contributed by atoms with Crippen molar-refractivity contribution in [2.75, 3.05) is 0 Å². The molecule has 0 N–H and O–H groups in total. The van der Waals surface area contributed by atoms with Crippen LogP contribution < -0.4 is 0 Å². The van der Waals surface area contributed by atoms with Crippen LogP contribution in [0.1, 0.15) is 56.8 Å². The van der Waals surface area contributed by atoms with Gasteiger partial charge < -0.3 is 0 Å².